The summed E-state index contributed by atoms with van der Waals surface area (Å²) in [5, 5.41) is 20.4. The van der Waals surface area contributed by atoms with E-state index >= 15 is 0 Å². The van der Waals surface area contributed by atoms with Crippen LogP contribution in [0.1, 0.15) is 43.6 Å². The second kappa shape index (κ2) is 9.59. The van der Waals surface area contributed by atoms with Gasteiger partial charge in [0, 0.05) is 40.5 Å². The number of aliphatic carboxylic acids is 1. The molecule has 0 bridgehead atoms. The Balaban J connectivity index is 1.31. The maximum Gasteiger partial charge on any atom is 0.305 e. The van der Waals surface area contributed by atoms with Crippen molar-refractivity contribution < 1.29 is 19.5 Å². The van der Waals surface area contributed by atoms with Gasteiger partial charge in [-0.2, -0.15) is 0 Å². The Hall–Kier alpha value is -4.18. The monoisotopic (exact) mass is 489 g/mol. The van der Waals surface area contributed by atoms with Gasteiger partial charge in [-0.25, -0.2) is 0 Å². The molecular formula is C25H23N5O4S. The van der Waals surface area contributed by atoms with Gasteiger partial charge in [0.2, 0.25) is 0 Å². The molecule has 1 aromatic heterocycles. The minimum absolute atomic E-state index is 0.170. The van der Waals surface area contributed by atoms with E-state index in [0.29, 0.717) is 35.9 Å². The normalized spacial score (nSPS) is 15.3. The predicted octanol–water partition coefficient (Wildman–Crippen LogP) is 3.54. The molecule has 0 saturated heterocycles. The summed E-state index contributed by atoms with van der Waals surface area (Å²) in [6, 6.07) is 15.4. The van der Waals surface area contributed by atoms with Crippen molar-refractivity contribution >= 4 is 46.5 Å². The van der Waals surface area contributed by atoms with Gasteiger partial charge >= 0.3 is 5.97 Å². The summed E-state index contributed by atoms with van der Waals surface area (Å²) in [5.74, 6) is -0.841. The maximum absolute atomic E-state index is 13.2. The third kappa shape index (κ3) is 4.87. The standard InChI is InChI=1S/C25H23N5O4S/c31-22(32)13-20(21-5-2-10-35-21)30-14-16-6-7-18(12-19(16)24(30)34)28-23(33)15-3-1-4-17(11-15)29-25-26-8-9-27-25/h1-7,10-12,20H,8-9,13-14H2,(H,28,33)(H,31,32)(H2,26,27,29). The van der Waals surface area contributed by atoms with Gasteiger partial charge < -0.3 is 26.0 Å². The van der Waals surface area contributed by atoms with E-state index in [9.17, 15) is 19.5 Å². The highest BCUT2D eigenvalue weighted by atomic mass is 32.1. The SMILES string of the molecule is O=C(O)CC(c1cccs1)N1Cc2ccc(NC(=O)c3cccc(NC4=NCCN4)c3)cc2C1=O. The summed E-state index contributed by atoms with van der Waals surface area (Å²) >= 11 is 1.43. The highest BCUT2D eigenvalue weighted by molar-refractivity contribution is 7.10. The first-order valence-corrected chi connectivity index (χ1v) is 12.0. The summed E-state index contributed by atoms with van der Waals surface area (Å²) in [7, 11) is 0. The number of carboxylic acids is 1. The van der Waals surface area contributed by atoms with Gasteiger partial charge in [0.15, 0.2) is 5.96 Å². The molecule has 2 aromatic carbocycles. The predicted molar refractivity (Wildman–Crippen MR) is 134 cm³/mol. The van der Waals surface area contributed by atoms with Crippen molar-refractivity contribution in [2.45, 2.75) is 19.0 Å². The number of rotatable bonds is 7. The number of nitrogens with zero attached hydrogens (tertiary/aromatic N) is 2. The van der Waals surface area contributed by atoms with Crippen molar-refractivity contribution in [3.8, 4) is 0 Å². The number of guanidine groups is 1. The van der Waals surface area contributed by atoms with Gasteiger partial charge in [-0.3, -0.25) is 19.4 Å². The number of thiophene rings is 1. The average molecular weight is 490 g/mol. The number of carbonyl (C=O) groups is 3. The first kappa shape index (κ1) is 22.6. The van der Waals surface area contributed by atoms with Crippen LogP contribution in [-0.4, -0.2) is 46.8 Å². The molecule has 1 unspecified atom stereocenters. The smallest absolute Gasteiger partial charge is 0.305 e. The summed E-state index contributed by atoms with van der Waals surface area (Å²) in [5.41, 5.74) is 2.96. The summed E-state index contributed by atoms with van der Waals surface area (Å²) in [6.07, 6.45) is -0.170. The molecule has 178 valence electrons. The van der Waals surface area contributed by atoms with Crippen molar-refractivity contribution in [2.24, 2.45) is 4.99 Å². The zero-order chi connectivity index (χ0) is 24.4. The number of benzene rings is 2. The van der Waals surface area contributed by atoms with Crippen LogP contribution in [0.25, 0.3) is 0 Å². The van der Waals surface area contributed by atoms with E-state index in [1.54, 1.807) is 41.3 Å². The molecule has 0 aliphatic carbocycles. The van der Waals surface area contributed by atoms with Gasteiger partial charge in [-0.1, -0.05) is 18.2 Å². The van der Waals surface area contributed by atoms with Gasteiger partial charge in [0.05, 0.1) is 19.0 Å². The zero-order valence-corrected chi connectivity index (χ0v) is 19.5. The van der Waals surface area contributed by atoms with Crippen LogP contribution in [-0.2, 0) is 11.3 Å². The number of carboxylic acid groups (broad SMARTS) is 1. The molecule has 2 aliphatic heterocycles. The zero-order valence-electron chi connectivity index (χ0n) is 18.7. The summed E-state index contributed by atoms with van der Waals surface area (Å²) in [4.78, 5) is 44.3. The molecule has 0 fully saturated rings. The fourth-order valence-corrected chi connectivity index (χ4v) is 5.06. The van der Waals surface area contributed by atoms with Crippen LogP contribution in [0.15, 0.2) is 65.0 Å². The quantitative estimate of drug-likeness (QED) is 0.403. The fraction of sp³-hybridized carbons (Fsp3) is 0.200. The first-order valence-electron chi connectivity index (χ1n) is 11.1. The number of carbonyl (C=O) groups excluding carboxylic acids is 2. The lowest BCUT2D eigenvalue weighted by atomic mass is 10.1. The second-order valence-corrected chi connectivity index (χ2v) is 9.23. The van der Waals surface area contributed by atoms with Crippen molar-refractivity contribution in [2.75, 3.05) is 23.7 Å². The number of anilines is 2. The largest absolute Gasteiger partial charge is 0.481 e. The van der Waals surface area contributed by atoms with E-state index in [4.69, 9.17) is 0 Å². The van der Waals surface area contributed by atoms with Crippen molar-refractivity contribution in [1.82, 2.24) is 10.2 Å². The molecule has 3 aromatic rings. The molecule has 0 saturated carbocycles. The highest BCUT2D eigenvalue weighted by Gasteiger charge is 2.35. The van der Waals surface area contributed by atoms with Gasteiger partial charge in [0.25, 0.3) is 11.8 Å². The van der Waals surface area contributed by atoms with Crippen LogP contribution < -0.4 is 16.0 Å². The van der Waals surface area contributed by atoms with E-state index in [2.05, 4.69) is 20.9 Å². The maximum atomic E-state index is 13.2. The first-order chi connectivity index (χ1) is 17.0. The molecule has 3 heterocycles. The van der Waals surface area contributed by atoms with Crippen LogP contribution >= 0.6 is 11.3 Å². The third-order valence-electron chi connectivity index (χ3n) is 5.88. The van der Waals surface area contributed by atoms with E-state index in [1.165, 1.54) is 11.3 Å². The third-order valence-corrected chi connectivity index (χ3v) is 6.85. The Morgan fingerprint density at radius 1 is 1.14 bits per heavy atom. The van der Waals surface area contributed by atoms with Crippen LogP contribution in [0.5, 0.6) is 0 Å². The molecular weight excluding hydrogens is 466 g/mol. The van der Waals surface area contributed by atoms with E-state index in [0.717, 1.165) is 22.7 Å². The number of fused-ring (bicyclic) bond motifs is 1. The van der Waals surface area contributed by atoms with E-state index in [-0.39, 0.29) is 18.2 Å². The Labute approximate surface area is 205 Å². The van der Waals surface area contributed by atoms with Gasteiger partial charge in [0.1, 0.15) is 0 Å². The molecule has 0 spiro atoms. The number of aliphatic imine (C=N–C) groups is 1. The van der Waals surface area contributed by atoms with Crippen LogP contribution in [0.4, 0.5) is 11.4 Å². The molecule has 5 rings (SSSR count). The Morgan fingerprint density at radius 3 is 2.77 bits per heavy atom. The Morgan fingerprint density at radius 2 is 2.03 bits per heavy atom. The number of hydrogen-bond donors (Lipinski definition) is 4. The lowest BCUT2D eigenvalue weighted by Crippen LogP contribution is -2.30. The van der Waals surface area contributed by atoms with Crippen LogP contribution in [0.2, 0.25) is 0 Å². The van der Waals surface area contributed by atoms with Crippen molar-refractivity contribution in [1.29, 1.82) is 0 Å². The topological polar surface area (TPSA) is 123 Å². The molecule has 9 nitrogen and oxygen atoms in total. The number of nitrogens with one attached hydrogen (secondary N) is 3. The molecule has 4 N–H and O–H groups in total. The molecule has 2 aliphatic rings. The number of hydrogen-bond acceptors (Lipinski definition) is 7. The molecule has 35 heavy (non-hydrogen) atoms. The van der Waals surface area contributed by atoms with Gasteiger partial charge in [-0.15, -0.1) is 11.3 Å². The minimum Gasteiger partial charge on any atom is -0.481 e. The van der Waals surface area contributed by atoms with E-state index in [1.807, 2.05) is 23.6 Å². The minimum atomic E-state index is -0.965. The lowest BCUT2D eigenvalue weighted by Gasteiger charge is -2.25. The average Bonchev–Trinajstić information content (AvgIpc) is 3.61. The summed E-state index contributed by atoms with van der Waals surface area (Å²) < 4.78 is 0. The molecule has 1 atom stereocenters. The fourth-order valence-electron chi connectivity index (χ4n) is 4.22. The number of amides is 2. The van der Waals surface area contributed by atoms with Crippen molar-refractivity contribution in [3.63, 3.8) is 0 Å². The Kier molecular flexibility index (Phi) is 6.19. The second-order valence-electron chi connectivity index (χ2n) is 8.25. The molecule has 10 heteroatoms. The van der Waals surface area contributed by atoms with Crippen LogP contribution in [0.3, 0.4) is 0 Å². The Bertz CT molecular complexity index is 1320. The van der Waals surface area contributed by atoms with Gasteiger partial charge in [-0.05, 0) is 47.3 Å². The molecule has 0 radical (unpaired) electrons. The lowest BCUT2D eigenvalue weighted by molar-refractivity contribution is -0.138. The molecule has 2 amide bonds. The van der Waals surface area contributed by atoms with E-state index < -0.39 is 12.0 Å². The highest BCUT2D eigenvalue weighted by Crippen LogP contribution is 2.36. The van der Waals surface area contributed by atoms with Crippen molar-refractivity contribution in [3.05, 3.63) is 81.5 Å². The van der Waals surface area contributed by atoms with Crippen LogP contribution in [0, 0.1) is 0 Å². The summed E-state index contributed by atoms with van der Waals surface area (Å²) in [6.45, 7) is 1.81.